The van der Waals surface area contributed by atoms with E-state index in [1.807, 2.05) is 6.92 Å². The van der Waals surface area contributed by atoms with Gasteiger partial charge in [0.25, 0.3) is 0 Å². The van der Waals surface area contributed by atoms with Crippen LogP contribution in [-0.2, 0) is 4.79 Å². The Morgan fingerprint density at radius 2 is 2.35 bits per heavy atom. The van der Waals surface area contributed by atoms with E-state index in [0.717, 1.165) is 19.6 Å². The summed E-state index contributed by atoms with van der Waals surface area (Å²) < 4.78 is 0. The molecule has 0 radical (unpaired) electrons. The van der Waals surface area contributed by atoms with Gasteiger partial charge < -0.3 is 15.7 Å². The first-order valence-corrected chi connectivity index (χ1v) is 6.59. The van der Waals surface area contributed by atoms with Crippen LogP contribution < -0.4 is 10.6 Å². The Labute approximate surface area is 104 Å². The lowest BCUT2D eigenvalue weighted by Crippen LogP contribution is -2.40. The standard InChI is InChI=1S/C12H25N3O2/c1-2-13-12(17)5-7-15(8-9-16)10-11-4-3-6-14-11/h11,14,16H,2-10H2,1H3,(H,13,17). The molecule has 0 aromatic heterocycles. The average molecular weight is 243 g/mol. The van der Waals surface area contributed by atoms with E-state index in [9.17, 15) is 4.79 Å². The average Bonchev–Trinajstić information content (AvgIpc) is 2.79. The number of amides is 1. The summed E-state index contributed by atoms with van der Waals surface area (Å²) in [5.74, 6) is 0.0924. The SMILES string of the molecule is CCNC(=O)CCN(CCO)CC1CCCN1. The first-order valence-electron chi connectivity index (χ1n) is 6.59. The van der Waals surface area contributed by atoms with Crippen molar-refractivity contribution in [2.75, 3.05) is 39.3 Å². The van der Waals surface area contributed by atoms with Crippen LogP contribution in [-0.4, -0.2) is 61.3 Å². The lowest BCUT2D eigenvalue weighted by Gasteiger charge is -2.24. The first-order chi connectivity index (χ1) is 8.26. The molecule has 1 heterocycles. The highest BCUT2D eigenvalue weighted by molar-refractivity contribution is 5.75. The fourth-order valence-electron chi connectivity index (χ4n) is 2.21. The molecule has 0 aliphatic carbocycles. The number of rotatable bonds is 8. The number of carbonyl (C=O) groups is 1. The largest absolute Gasteiger partial charge is 0.395 e. The van der Waals surface area contributed by atoms with Crippen LogP contribution in [0.25, 0.3) is 0 Å². The molecule has 0 spiro atoms. The van der Waals surface area contributed by atoms with Crippen molar-refractivity contribution in [3.8, 4) is 0 Å². The number of carbonyl (C=O) groups excluding carboxylic acids is 1. The van der Waals surface area contributed by atoms with Crippen molar-refractivity contribution in [3.05, 3.63) is 0 Å². The Morgan fingerprint density at radius 1 is 1.53 bits per heavy atom. The lowest BCUT2D eigenvalue weighted by atomic mass is 10.2. The Kier molecular flexibility index (Phi) is 7.16. The van der Waals surface area contributed by atoms with Crippen molar-refractivity contribution in [1.82, 2.24) is 15.5 Å². The van der Waals surface area contributed by atoms with E-state index in [2.05, 4.69) is 15.5 Å². The molecule has 0 aromatic rings. The topological polar surface area (TPSA) is 64.6 Å². The van der Waals surface area contributed by atoms with Crippen LogP contribution in [0.5, 0.6) is 0 Å². The molecule has 1 aliphatic heterocycles. The molecule has 5 heteroatoms. The molecule has 1 atom stereocenters. The van der Waals surface area contributed by atoms with E-state index in [0.29, 0.717) is 25.6 Å². The van der Waals surface area contributed by atoms with Gasteiger partial charge in [-0.2, -0.15) is 0 Å². The third-order valence-corrected chi connectivity index (χ3v) is 3.09. The second kappa shape index (κ2) is 8.44. The second-order valence-corrected chi connectivity index (χ2v) is 4.52. The first kappa shape index (κ1) is 14.4. The number of nitrogens with zero attached hydrogens (tertiary/aromatic N) is 1. The number of hydrogen-bond donors (Lipinski definition) is 3. The van der Waals surface area contributed by atoms with Gasteiger partial charge in [0.1, 0.15) is 0 Å². The smallest absolute Gasteiger partial charge is 0.221 e. The predicted molar refractivity (Wildman–Crippen MR) is 67.9 cm³/mol. The Morgan fingerprint density at radius 3 is 2.94 bits per heavy atom. The van der Waals surface area contributed by atoms with Crippen molar-refractivity contribution in [2.24, 2.45) is 0 Å². The van der Waals surface area contributed by atoms with Crippen LogP contribution >= 0.6 is 0 Å². The van der Waals surface area contributed by atoms with Gasteiger partial charge in [0, 0.05) is 38.6 Å². The van der Waals surface area contributed by atoms with Crippen molar-refractivity contribution >= 4 is 5.91 Å². The van der Waals surface area contributed by atoms with Gasteiger partial charge in [0.15, 0.2) is 0 Å². The maximum atomic E-state index is 11.4. The molecular formula is C12H25N3O2. The van der Waals surface area contributed by atoms with Gasteiger partial charge in [0.05, 0.1) is 6.61 Å². The monoisotopic (exact) mass is 243 g/mol. The second-order valence-electron chi connectivity index (χ2n) is 4.52. The van der Waals surface area contributed by atoms with Gasteiger partial charge in [-0.15, -0.1) is 0 Å². The number of nitrogens with one attached hydrogen (secondary N) is 2. The molecular weight excluding hydrogens is 218 g/mol. The van der Waals surface area contributed by atoms with Crippen molar-refractivity contribution in [2.45, 2.75) is 32.2 Å². The summed E-state index contributed by atoms with van der Waals surface area (Å²) in [7, 11) is 0. The quantitative estimate of drug-likeness (QED) is 0.541. The van der Waals surface area contributed by atoms with Crippen LogP contribution in [0, 0.1) is 0 Å². The minimum Gasteiger partial charge on any atom is -0.395 e. The van der Waals surface area contributed by atoms with Gasteiger partial charge >= 0.3 is 0 Å². The van der Waals surface area contributed by atoms with Crippen molar-refractivity contribution in [3.63, 3.8) is 0 Å². The maximum absolute atomic E-state index is 11.4. The van der Waals surface area contributed by atoms with E-state index in [-0.39, 0.29) is 12.5 Å². The molecule has 1 rings (SSSR count). The van der Waals surface area contributed by atoms with E-state index in [1.165, 1.54) is 12.8 Å². The molecule has 5 nitrogen and oxygen atoms in total. The zero-order chi connectivity index (χ0) is 12.5. The fraction of sp³-hybridized carbons (Fsp3) is 0.917. The van der Waals surface area contributed by atoms with Gasteiger partial charge in [-0.25, -0.2) is 0 Å². The molecule has 1 saturated heterocycles. The van der Waals surface area contributed by atoms with E-state index in [4.69, 9.17) is 5.11 Å². The number of aliphatic hydroxyl groups is 1. The summed E-state index contributed by atoms with van der Waals surface area (Å²) in [6, 6.07) is 0.524. The molecule has 3 N–H and O–H groups in total. The summed E-state index contributed by atoms with van der Waals surface area (Å²) >= 11 is 0. The third kappa shape index (κ3) is 6.00. The molecule has 1 aliphatic rings. The summed E-state index contributed by atoms with van der Waals surface area (Å²) in [5, 5.41) is 15.2. The van der Waals surface area contributed by atoms with Crippen molar-refractivity contribution in [1.29, 1.82) is 0 Å². The maximum Gasteiger partial charge on any atom is 0.221 e. The van der Waals surface area contributed by atoms with Crippen LogP contribution in [0.3, 0.4) is 0 Å². The minimum atomic E-state index is 0.0924. The molecule has 0 saturated carbocycles. The Bertz CT molecular complexity index is 218. The molecule has 1 fully saturated rings. The fourth-order valence-corrected chi connectivity index (χ4v) is 2.21. The Balaban J connectivity index is 2.24. The normalized spacial score (nSPS) is 19.8. The van der Waals surface area contributed by atoms with Gasteiger partial charge in [-0.3, -0.25) is 9.69 Å². The summed E-state index contributed by atoms with van der Waals surface area (Å²) in [4.78, 5) is 13.5. The third-order valence-electron chi connectivity index (χ3n) is 3.09. The Hall–Kier alpha value is -0.650. The summed E-state index contributed by atoms with van der Waals surface area (Å²) in [6.45, 7) is 6.16. The van der Waals surface area contributed by atoms with Crippen LogP contribution in [0.2, 0.25) is 0 Å². The number of aliphatic hydroxyl groups excluding tert-OH is 1. The highest BCUT2D eigenvalue weighted by Crippen LogP contribution is 2.07. The van der Waals surface area contributed by atoms with Crippen LogP contribution in [0.1, 0.15) is 26.2 Å². The minimum absolute atomic E-state index is 0.0924. The lowest BCUT2D eigenvalue weighted by molar-refractivity contribution is -0.121. The summed E-state index contributed by atoms with van der Waals surface area (Å²) in [6.07, 6.45) is 2.94. The highest BCUT2D eigenvalue weighted by atomic mass is 16.3. The van der Waals surface area contributed by atoms with Crippen molar-refractivity contribution < 1.29 is 9.90 Å². The zero-order valence-corrected chi connectivity index (χ0v) is 10.7. The predicted octanol–water partition coefficient (Wildman–Crippen LogP) is -0.441. The van der Waals surface area contributed by atoms with Gasteiger partial charge in [0.2, 0.25) is 5.91 Å². The molecule has 1 amide bonds. The van der Waals surface area contributed by atoms with Crippen LogP contribution in [0.4, 0.5) is 0 Å². The molecule has 1 unspecified atom stereocenters. The molecule has 100 valence electrons. The van der Waals surface area contributed by atoms with Gasteiger partial charge in [-0.05, 0) is 26.3 Å². The van der Waals surface area contributed by atoms with Crippen LogP contribution in [0.15, 0.2) is 0 Å². The molecule has 0 aromatic carbocycles. The zero-order valence-electron chi connectivity index (χ0n) is 10.7. The van der Waals surface area contributed by atoms with E-state index < -0.39 is 0 Å². The van der Waals surface area contributed by atoms with E-state index in [1.54, 1.807) is 0 Å². The van der Waals surface area contributed by atoms with Gasteiger partial charge in [-0.1, -0.05) is 0 Å². The molecule has 17 heavy (non-hydrogen) atoms. The highest BCUT2D eigenvalue weighted by Gasteiger charge is 2.17. The van der Waals surface area contributed by atoms with E-state index >= 15 is 0 Å². The molecule has 0 bridgehead atoms. The summed E-state index contributed by atoms with van der Waals surface area (Å²) in [5.41, 5.74) is 0. The number of hydrogen-bond acceptors (Lipinski definition) is 4.